The summed E-state index contributed by atoms with van der Waals surface area (Å²) in [5.41, 5.74) is 0.0314. The first-order valence-electron chi connectivity index (χ1n) is 11.0. The van der Waals surface area contributed by atoms with Gasteiger partial charge >= 0.3 is 5.97 Å². The molecular weight excluding hydrogens is 405 g/mol. The van der Waals surface area contributed by atoms with Crippen molar-refractivity contribution in [3.05, 3.63) is 107 Å². The maximum absolute atomic E-state index is 13.4. The Hall–Kier alpha value is -3.02. The number of carbonyl (C=O) groups is 1. The molecule has 0 radical (unpaired) electrons. The van der Waals surface area contributed by atoms with Crippen molar-refractivity contribution in [3.8, 4) is 0 Å². The van der Waals surface area contributed by atoms with Gasteiger partial charge in [0.15, 0.2) is 0 Å². The molecule has 0 spiro atoms. The first-order valence-corrected chi connectivity index (χ1v) is 11.0. The number of likely N-dealkylation sites (tertiary alicyclic amines) is 1. The zero-order valence-electron chi connectivity index (χ0n) is 17.7. The number of nitrogens with zero attached hydrogens (tertiary/aromatic N) is 1. The van der Waals surface area contributed by atoms with E-state index in [2.05, 4.69) is 29.2 Å². The third-order valence-corrected chi connectivity index (χ3v) is 6.85. The van der Waals surface area contributed by atoms with Gasteiger partial charge in [-0.2, -0.15) is 0 Å². The number of esters is 1. The summed E-state index contributed by atoms with van der Waals surface area (Å²) in [7, 11) is 0. The van der Waals surface area contributed by atoms with Crippen LogP contribution in [0.3, 0.4) is 0 Å². The van der Waals surface area contributed by atoms with E-state index < -0.39 is 17.4 Å². The Morgan fingerprint density at radius 2 is 1.47 bits per heavy atom. The van der Waals surface area contributed by atoms with Crippen LogP contribution in [0.1, 0.15) is 16.7 Å². The standard InChI is InChI=1S/C27H26FNO3/c28-22-13-11-21(12-14-22)27(31,20-9-5-2-6-10-20)26(30)32-18-25-23-16-29(17-24(23)25)15-19-7-3-1-4-8-19/h1-14,23-25,31H,15-18H2. The lowest BCUT2D eigenvalue weighted by molar-refractivity contribution is -0.163. The second-order valence-corrected chi connectivity index (χ2v) is 8.85. The number of carbonyl (C=O) groups excluding carboxylic acids is 1. The van der Waals surface area contributed by atoms with Gasteiger partial charge in [-0.1, -0.05) is 72.8 Å². The quantitative estimate of drug-likeness (QED) is 0.575. The normalized spacial score (nSPS) is 23.9. The van der Waals surface area contributed by atoms with Crippen LogP contribution in [0.2, 0.25) is 0 Å². The summed E-state index contributed by atoms with van der Waals surface area (Å²) >= 11 is 0. The highest BCUT2D eigenvalue weighted by Gasteiger charge is 2.56. The lowest BCUT2D eigenvalue weighted by atomic mass is 9.86. The molecule has 3 atom stereocenters. The molecule has 2 fully saturated rings. The second-order valence-electron chi connectivity index (χ2n) is 8.85. The summed E-state index contributed by atoms with van der Waals surface area (Å²) in [6, 6.07) is 24.4. The maximum Gasteiger partial charge on any atom is 0.347 e. The van der Waals surface area contributed by atoms with Crippen molar-refractivity contribution in [2.45, 2.75) is 12.1 Å². The molecule has 1 N–H and O–H groups in total. The van der Waals surface area contributed by atoms with Gasteiger partial charge in [0.2, 0.25) is 5.60 Å². The highest BCUT2D eigenvalue weighted by Crippen LogP contribution is 2.52. The predicted octanol–water partition coefficient (Wildman–Crippen LogP) is 3.98. The average Bonchev–Trinajstić information content (AvgIpc) is 3.28. The molecule has 1 saturated heterocycles. The average molecular weight is 432 g/mol. The molecule has 5 heteroatoms. The van der Waals surface area contributed by atoms with Crippen LogP contribution in [0.15, 0.2) is 84.9 Å². The minimum atomic E-state index is -1.97. The molecule has 0 bridgehead atoms. The van der Waals surface area contributed by atoms with E-state index >= 15 is 0 Å². The van der Waals surface area contributed by atoms with Crippen LogP contribution in [0.5, 0.6) is 0 Å². The Morgan fingerprint density at radius 1 is 0.906 bits per heavy atom. The summed E-state index contributed by atoms with van der Waals surface area (Å²) in [6.07, 6.45) is 0. The lowest BCUT2D eigenvalue weighted by Crippen LogP contribution is -2.39. The van der Waals surface area contributed by atoms with E-state index in [4.69, 9.17) is 4.74 Å². The largest absolute Gasteiger partial charge is 0.463 e. The molecule has 32 heavy (non-hydrogen) atoms. The smallest absolute Gasteiger partial charge is 0.347 e. The summed E-state index contributed by atoms with van der Waals surface area (Å²) in [6.45, 7) is 3.24. The monoisotopic (exact) mass is 431 g/mol. The number of halogens is 1. The molecular formula is C27H26FNO3. The maximum atomic E-state index is 13.4. The zero-order chi connectivity index (χ0) is 22.1. The summed E-state index contributed by atoms with van der Waals surface area (Å²) in [5.74, 6) is 0.244. The molecule has 2 aliphatic rings. The third-order valence-electron chi connectivity index (χ3n) is 6.85. The number of ether oxygens (including phenoxy) is 1. The van der Waals surface area contributed by atoms with E-state index in [9.17, 15) is 14.3 Å². The highest BCUT2D eigenvalue weighted by molar-refractivity contribution is 5.85. The van der Waals surface area contributed by atoms with Gasteiger partial charge in [0, 0.05) is 25.6 Å². The Labute approximate surface area is 187 Å². The van der Waals surface area contributed by atoms with Gasteiger partial charge in [-0.25, -0.2) is 9.18 Å². The van der Waals surface area contributed by atoms with Crippen LogP contribution in [0, 0.1) is 23.6 Å². The highest BCUT2D eigenvalue weighted by atomic mass is 19.1. The number of piperidine rings is 1. The number of hydrogen-bond acceptors (Lipinski definition) is 4. The van der Waals surface area contributed by atoms with Crippen molar-refractivity contribution < 1.29 is 19.0 Å². The fourth-order valence-electron chi connectivity index (χ4n) is 5.00. The van der Waals surface area contributed by atoms with Crippen molar-refractivity contribution >= 4 is 5.97 Å². The summed E-state index contributed by atoms with van der Waals surface area (Å²) in [5, 5.41) is 11.5. The summed E-state index contributed by atoms with van der Waals surface area (Å²) in [4.78, 5) is 15.6. The molecule has 164 valence electrons. The van der Waals surface area contributed by atoms with Crippen LogP contribution in [-0.2, 0) is 21.7 Å². The lowest BCUT2D eigenvalue weighted by Gasteiger charge is -2.27. The van der Waals surface area contributed by atoms with Crippen molar-refractivity contribution in [3.63, 3.8) is 0 Å². The minimum absolute atomic E-state index is 0.292. The number of aliphatic hydroxyl groups is 1. The van der Waals surface area contributed by atoms with Gasteiger partial charge in [0.25, 0.3) is 0 Å². The van der Waals surface area contributed by atoms with Crippen molar-refractivity contribution in [1.82, 2.24) is 4.90 Å². The third kappa shape index (κ3) is 3.94. The molecule has 0 aromatic heterocycles. The summed E-state index contributed by atoms with van der Waals surface area (Å²) < 4.78 is 19.1. The van der Waals surface area contributed by atoms with E-state index in [1.54, 1.807) is 24.3 Å². The second kappa shape index (κ2) is 8.49. The van der Waals surface area contributed by atoms with E-state index in [-0.39, 0.29) is 0 Å². The Morgan fingerprint density at radius 3 is 2.09 bits per heavy atom. The Bertz CT molecular complexity index is 1060. The first-order chi connectivity index (χ1) is 15.6. The van der Waals surface area contributed by atoms with Gasteiger partial charge in [-0.15, -0.1) is 0 Å². The van der Waals surface area contributed by atoms with Crippen LogP contribution in [-0.4, -0.2) is 35.7 Å². The fourth-order valence-corrected chi connectivity index (χ4v) is 5.00. The van der Waals surface area contributed by atoms with E-state index in [0.717, 1.165) is 19.6 Å². The molecule has 1 aliphatic heterocycles. The van der Waals surface area contributed by atoms with Crippen molar-refractivity contribution in [2.75, 3.05) is 19.7 Å². The molecule has 3 aromatic carbocycles. The molecule has 1 aliphatic carbocycles. The molecule has 4 nitrogen and oxygen atoms in total. The number of rotatable bonds is 7. The number of fused-ring (bicyclic) bond motifs is 1. The fraction of sp³-hybridized carbons (Fsp3) is 0.296. The van der Waals surface area contributed by atoms with Crippen LogP contribution < -0.4 is 0 Å². The van der Waals surface area contributed by atoms with Crippen LogP contribution >= 0.6 is 0 Å². The molecule has 1 heterocycles. The molecule has 5 rings (SSSR count). The topological polar surface area (TPSA) is 49.8 Å². The minimum Gasteiger partial charge on any atom is -0.463 e. The Kier molecular flexibility index (Phi) is 5.53. The van der Waals surface area contributed by atoms with Gasteiger partial charge in [-0.05, 0) is 40.7 Å². The van der Waals surface area contributed by atoms with Gasteiger partial charge in [0.05, 0.1) is 6.61 Å². The molecule has 3 aromatic rings. The SMILES string of the molecule is O=C(OCC1C2CN(Cc3ccccc3)CC12)C(O)(c1ccccc1)c1ccc(F)cc1. The van der Waals surface area contributed by atoms with Crippen LogP contribution in [0.4, 0.5) is 4.39 Å². The Balaban J connectivity index is 1.23. The molecule has 3 unspecified atom stereocenters. The predicted molar refractivity (Wildman–Crippen MR) is 119 cm³/mol. The number of benzene rings is 3. The van der Waals surface area contributed by atoms with Crippen molar-refractivity contribution in [1.29, 1.82) is 0 Å². The van der Waals surface area contributed by atoms with Gasteiger partial charge in [-0.3, -0.25) is 4.90 Å². The van der Waals surface area contributed by atoms with E-state index in [1.165, 1.54) is 29.8 Å². The van der Waals surface area contributed by atoms with Crippen molar-refractivity contribution in [2.24, 2.45) is 17.8 Å². The molecule has 1 saturated carbocycles. The van der Waals surface area contributed by atoms with Crippen LogP contribution in [0.25, 0.3) is 0 Å². The zero-order valence-corrected chi connectivity index (χ0v) is 17.7. The molecule has 0 amide bonds. The number of hydrogen-bond donors (Lipinski definition) is 1. The van der Waals surface area contributed by atoms with Gasteiger partial charge in [0.1, 0.15) is 5.82 Å². The first kappa shape index (κ1) is 20.9. The van der Waals surface area contributed by atoms with E-state index in [1.807, 2.05) is 12.1 Å². The van der Waals surface area contributed by atoms with Gasteiger partial charge < -0.3 is 9.84 Å². The van der Waals surface area contributed by atoms with E-state index in [0.29, 0.717) is 35.5 Å².